The summed E-state index contributed by atoms with van der Waals surface area (Å²) < 4.78 is 30.2. The zero-order chi connectivity index (χ0) is 33.7. The van der Waals surface area contributed by atoms with Gasteiger partial charge < -0.3 is 39.5 Å². The van der Waals surface area contributed by atoms with Crippen LogP contribution in [0.3, 0.4) is 0 Å². The van der Waals surface area contributed by atoms with Gasteiger partial charge in [0.15, 0.2) is 0 Å². The van der Waals surface area contributed by atoms with E-state index < -0.39 is 11.6 Å². The number of piperidine rings is 2. The second kappa shape index (κ2) is 12.8. The molecule has 2 unspecified atom stereocenters. The van der Waals surface area contributed by atoms with Gasteiger partial charge in [0.1, 0.15) is 11.8 Å². The molecular formula is C34H53FN6O7. The largest absolute Gasteiger partial charge is 0.453 e. The number of rotatable bonds is 3. The number of alkyl carbamates (subject to hydrolysis) is 1. The average molecular weight is 677 g/mol. The minimum atomic E-state index is -0.934. The van der Waals surface area contributed by atoms with Gasteiger partial charge in [-0.3, -0.25) is 9.69 Å². The molecule has 2 N–H and O–H groups in total. The summed E-state index contributed by atoms with van der Waals surface area (Å²) >= 11 is 0. The number of halogens is 1. The number of alkyl halides is 1. The van der Waals surface area contributed by atoms with Crippen molar-refractivity contribution >= 4 is 24.2 Å². The van der Waals surface area contributed by atoms with Crippen molar-refractivity contribution in [3.05, 3.63) is 0 Å². The number of nitrogens with one attached hydrogen (secondary N) is 2. The first-order valence-electron chi connectivity index (χ1n) is 18.1. The Bertz CT molecular complexity index is 1270. The summed E-state index contributed by atoms with van der Waals surface area (Å²) in [5, 5.41) is 5.58. The van der Waals surface area contributed by atoms with E-state index in [1.165, 1.54) is 20.0 Å². The number of methoxy groups -OCH3 is 1. The summed E-state index contributed by atoms with van der Waals surface area (Å²) in [4.78, 5) is 54.8. The van der Waals surface area contributed by atoms with E-state index in [4.69, 9.17) is 14.2 Å². The molecule has 8 fully saturated rings. The molecule has 2 saturated carbocycles. The number of hydrogen-bond donors (Lipinski definition) is 2. The Morgan fingerprint density at radius 2 is 1.44 bits per heavy atom. The first-order chi connectivity index (χ1) is 23.0. The third kappa shape index (κ3) is 6.31. The van der Waals surface area contributed by atoms with Crippen LogP contribution in [0.15, 0.2) is 0 Å². The van der Waals surface area contributed by atoms with Gasteiger partial charge in [-0.05, 0) is 69.2 Å². The summed E-state index contributed by atoms with van der Waals surface area (Å²) in [6.07, 6.45) is 7.88. The standard InChI is InChI=1S/C18H28FN3O3.C16H25N3O4/c1-2-25-16(24)22-5-3-17(12-22)7-13(8-17)21-6-4-18(14(19)10-21)9-15(23)20-11-18;1-22-14(21)19-5-2-15(11-19)8-12(9-15)18-6-3-16(4-7-18)10-17-13(20)23-16/h13-14H,2-12H2,1H3,(H,20,23);12H,2-11H2,1H3,(H,17,20). The van der Waals surface area contributed by atoms with Crippen LogP contribution in [-0.4, -0.2) is 147 Å². The normalized spacial score (nSPS) is 38.7. The topological polar surface area (TPSA) is 133 Å². The lowest BCUT2D eigenvalue weighted by Crippen LogP contribution is -2.58. The molecule has 2 atom stereocenters. The quantitative estimate of drug-likeness (QED) is 0.433. The molecule has 6 heterocycles. The average Bonchev–Trinajstić information content (AvgIpc) is 3.84. The Morgan fingerprint density at radius 1 is 0.833 bits per heavy atom. The third-order valence-corrected chi connectivity index (χ3v) is 13.2. The van der Waals surface area contributed by atoms with Crippen molar-refractivity contribution in [2.75, 3.05) is 79.2 Å². The molecule has 2 aliphatic carbocycles. The summed E-state index contributed by atoms with van der Waals surface area (Å²) in [6, 6.07) is 1.04. The monoisotopic (exact) mass is 676 g/mol. The lowest BCUT2D eigenvalue weighted by Gasteiger charge is -2.53. The van der Waals surface area contributed by atoms with E-state index in [1.54, 1.807) is 0 Å². The van der Waals surface area contributed by atoms with Crippen LogP contribution in [0.25, 0.3) is 0 Å². The van der Waals surface area contributed by atoms with Gasteiger partial charge in [-0.2, -0.15) is 0 Å². The number of nitrogens with zero attached hydrogens (tertiary/aromatic N) is 4. The first kappa shape index (κ1) is 33.6. The highest BCUT2D eigenvalue weighted by atomic mass is 19.1. The van der Waals surface area contributed by atoms with Gasteiger partial charge in [0.25, 0.3) is 0 Å². The maximum absolute atomic E-state index is 14.8. The molecule has 8 aliphatic rings. The maximum Gasteiger partial charge on any atom is 0.409 e. The zero-order valence-electron chi connectivity index (χ0n) is 28.6. The Hall–Kier alpha value is -2.87. The SMILES string of the molecule is CCOC(=O)N1CCC2(CC(N3CCC4(CNC(=O)C4)C(F)C3)C2)C1.COC(=O)N1CCC2(CC(N3CCC4(CC3)CNC(=O)O4)C2)C1. The van der Waals surface area contributed by atoms with Crippen molar-refractivity contribution in [2.45, 2.75) is 95.0 Å². The number of likely N-dealkylation sites (tertiary alicyclic amines) is 4. The van der Waals surface area contributed by atoms with Gasteiger partial charge in [-0.1, -0.05) is 0 Å². The number of carbonyl (C=O) groups is 4. The molecule has 6 saturated heterocycles. The highest BCUT2D eigenvalue weighted by molar-refractivity contribution is 5.79. The summed E-state index contributed by atoms with van der Waals surface area (Å²) in [5.41, 5.74) is -0.203. The second-order valence-electron chi connectivity index (χ2n) is 16.1. The molecule has 0 aromatic rings. The van der Waals surface area contributed by atoms with Gasteiger partial charge in [0, 0.05) is 89.1 Å². The fourth-order valence-corrected chi connectivity index (χ4v) is 10.1. The van der Waals surface area contributed by atoms with Crippen LogP contribution in [-0.2, 0) is 19.0 Å². The van der Waals surface area contributed by atoms with E-state index in [2.05, 4.69) is 20.4 Å². The molecule has 0 bridgehead atoms. The molecule has 0 radical (unpaired) electrons. The fourth-order valence-electron chi connectivity index (χ4n) is 10.1. The van der Waals surface area contributed by atoms with E-state index in [-0.39, 0.29) is 35.2 Å². The van der Waals surface area contributed by atoms with Crippen molar-refractivity contribution in [1.29, 1.82) is 0 Å². The lowest BCUT2D eigenvalue weighted by atomic mass is 9.63. The van der Waals surface area contributed by atoms with Crippen molar-refractivity contribution in [3.8, 4) is 0 Å². The van der Waals surface area contributed by atoms with Gasteiger partial charge in [0.2, 0.25) is 5.91 Å². The first-order valence-corrected chi connectivity index (χ1v) is 18.1. The fraction of sp³-hybridized carbons (Fsp3) is 0.882. The van der Waals surface area contributed by atoms with Gasteiger partial charge in [0.05, 0.1) is 20.3 Å². The van der Waals surface area contributed by atoms with Crippen LogP contribution < -0.4 is 10.6 Å². The van der Waals surface area contributed by atoms with E-state index in [0.717, 1.165) is 90.8 Å². The van der Waals surface area contributed by atoms with Crippen molar-refractivity contribution in [3.63, 3.8) is 0 Å². The maximum atomic E-state index is 14.8. The molecule has 13 nitrogen and oxygen atoms in total. The van der Waals surface area contributed by atoms with Crippen LogP contribution in [0.4, 0.5) is 18.8 Å². The number of ether oxygens (including phenoxy) is 3. The molecule has 4 spiro atoms. The minimum absolute atomic E-state index is 0.0105. The van der Waals surface area contributed by atoms with Crippen LogP contribution in [0.1, 0.15) is 71.1 Å². The summed E-state index contributed by atoms with van der Waals surface area (Å²) in [7, 11) is 1.45. The molecule has 8 rings (SSSR count). The van der Waals surface area contributed by atoms with Crippen molar-refractivity contribution < 1.29 is 37.8 Å². The van der Waals surface area contributed by atoms with E-state index in [0.29, 0.717) is 50.2 Å². The van der Waals surface area contributed by atoms with E-state index in [9.17, 15) is 23.6 Å². The molecule has 6 aliphatic heterocycles. The number of hydrogen-bond acceptors (Lipinski definition) is 9. The van der Waals surface area contributed by atoms with Crippen LogP contribution in [0.2, 0.25) is 0 Å². The predicted octanol–water partition coefficient (Wildman–Crippen LogP) is 2.73. The highest BCUT2D eigenvalue weighted by Crippen LogP contribution is 2.53. The Morgan fingerprint density at radius 3 is 1.96 bits per heavy atom. The molecule has 4 amide bonds. The molecule has 0 aromatic carbocycles. The predicted molar refractivity (Wildman–Crippen MR) is 172 cm³/mol. The Balaban J connectivity index is 0.000000152. The van der Waals surface area contributed by atoms with E-state index >= 15 is 0 Å². The Labute approximate surface area is 282 Å². The molecule has 0 aromatic heterocycles. The number of amides is 4. The zero-order valence-corrected chi connectivity index (χ0v) is 28.6. The van der Waals surface area contributed by atoms with Crippen LogP contribution in [0, 0.1) is 16.2 Å². The number of carbonyl (C=O) groups excluding carboxylic acids is 4. The third-order valence-electron chi connectivity index (χ3n) is 13.2. The molecule has 48 heavy (non-hydrogen) atoms. The van der Waals surface area contributed by atoms with Crippen molar-refractivity contribution in [1.82, 2.24) is 30.2 Å². The molecule has 268 valence electrons. The van der Waals surface area contributed by atoms with Crippen molar-refractivity contribution in [2.24, 2.45) is 16.2 Å². The molecule has 14 heteroatoms. The molecular weight excluding hydrogens is 623 g/mol. The van der Waals surface area contributed by atoms with Crippen LogP contribution >= 0.6 is 0 Å². The Kier molecular flexibility index (Phi) is 8.95. The second-order valence-corrected chi connectivity index (χ2v) is 16.1. The summed E-state index contributed by atoms with van der Waals surface area (Å²) in [6.45, 7) is 9.91. The summed E-state index contributed by atoms with van der Waals surface area (Å²) in [5.74, 6) is -0.0105. The lowest BCUT2D eigenvalue weighted by molar-refractivity contribution is -0.120. The highest BCUT2D eigenvalue weighted by Gasteiger charge is 2.56. The van der Waals surface area contributed by atoms with Gasteiger partial charge in [-0.15, -0.1) is 0 Å². The van der Waals surface area contributed by atoms with E-state index in [1.807, 2.05) is 16.7 Å². The van der Waals surface area contributed by atoms with Gasteiger partial charge >= 0.3 is 18.3 Å². The van der Waals surface area contributed by atoms with Gasteiger partial charge in [-0.25, -0.2) is 18.8 Å². The van der Waals surface area contributed by atoms with Crippen LogP contribution in [0.5, 0.6) is 0 Å². The minimum Gasteiger partial charge on any atom is -0.453 e. The smallest absolute Gasteiger partial charge is 0.409 e.